The molecule has 17 heavy (non-hydrogen) atoms. The summed E-state index contributed by atoms with van der Waals surface area (Å²) in [5.41, 5.74) is 0.983. The predicted octanol–water partition coefficient (Wildman–Crippen LogP) is -0.228. The topological polar surface area (TPSA) is 84.1 Å². The van der Waals surface area contributed by atoms with Gasteiger partial charge < -0.3 is 5.11 Å². The second-order valence-corrected chi connectivity index (χ2v) is 4.13. The Labute approximate surface area is 98.7 Å². The number of aliphatic carboxylic acids is 1. The van der Waals surface area contributed by atoms with E-state index in [1.165, 1.54) is 0 Å². The maximum Gasteiger partial charge on any atom is 0.320 e. The monoisotopic (exact) mass is 237 g/mol. The van der Waals surface area contributed by atoms with Crippen molar-refractivity contribution in [2.24, 2.45) is 7.05 Å². The largest absolute Gasteiger partial charge is 0.480 e. The number of hydrogen-bond acceptors (Lipinski definition) is 5. The molecule has 1 N–H and O–H groups in total. The lowest BCUT2D eigenvalue weighted by Gasteiger charge is -2.29. The zero-order valence-electron chi connectivity index (χ0n) is 9.87. The molecular weight excluding hydrogens is 222 g/mol. The number of carboxylic acids is 1. The number of carboxylic acid groups (broad SMARTS) is 1. The number of rotatable bonds is 3. The van der Waals surface area contributed by atoms with Crippen LogP contribution in [0.5, 0.6) is 0 Å². The molecule has 0 spiro atoms. The summed E-state index contributed by atoms with van der Waals surface area (Å²) in [7, 11) is 1.77. The van der Waals surface area contributed by atoms with Crippen LogP contribution in [-0.4, -0.2) is 55.3 Å². The van der Waals surface area contributed by atoms with E-state index in [0.29, 0.717) is 12.4 Å². The molecule has 1 aromatic heterocycles. The first-order chi connectivity index (χ1) is 8.09. The van der Waals surface area contributed by atoms with Crippen molar-refractivity contribution in [3.63, 3.8) is 0 Å². The molecule has 1 aliphatic heterocycles. The highest BCUT2D eigenvalue weighted by Crippen LogP contribution is 2.19. The molecule has 7 nitrogen and oxygen atoms in total. The van der Waals surface area contributed by atoms with E-state index in [1.54, 1.807) is 18.7 Å². The van der Waals surface area contributed by atoms with E-state index in [0.717, 1.165) is 18.5 Å². The molecule has 0 saturated heterocycles. The van der Waals surface area contributed by atoms with E-state index in [1.807, 2.05) is 4.90 Å². The molecule has 1 aliphatic rings. The molecule has 0 radical (unpaired) electrons. The van der Waals surface area contributed by atoms with Gasteiger partial charge in [0.1, 0.15) is 6.04 Å². The molecule has 1 aromatic rings. The molecule has 1 unspecified atom stereocenters. The highest BCUT2D eigenvalue weighted by atomic mass is 16.4. The molecule has 2 rings (SSSR count). The van der Waals surface area contributed by atoms with Crippen LogP contribution in [0.25, 0.3) is 5.57 Å². The van der Waals surface area contributed by atoms with Crippen LogP contribution < -0.4 is 0 Å². The molecule has 0 aliphatic carbocycles. The standard InChI is InChI=1S/C10H15N5O2/c1-7(10(16)17)15-5-3-4-8(6-15)9-11-12-13-14(9)2/h4,7H,3,5-6H2,1-2H3,(H,16,17). The number of tetrazole rings is 1. The van der Waals surface area contributed by atoms with Gasteiger partial charge in [-0.2, -0.15) is 0 Å². The van der Waals surface area contributed by atoms with E-state index in [4.69, 9.17) is 5.11 Å². The Morgan fingerprint density at radius 3 is 2.94 bits per heavy atom. The maximum absolute atomic E-state index is 11.0. The average Bonchev–Trinajstić information content (AvgIpc) is 2.74. The second-order valence-electron chi connectivity index (χ2n) is 4.13. The number of nitrogens with zero attached hydrogens (tertiary/aromatic N) is 5. The van der Waals surface area contributed by atoms with Gasteiger partial charge in [-0.25, -0.2) is 4.68 Å². The molecule has 2 heterocycles. The Balaban J connectivity index is 2.15. The van der Waals surface area contributed by atoms with Gasteiger partial charge in [0.15, 0.2) is 5.82 Å². The van der Waals surface area contributed by atoms with Gasteiger partial charge in [-0.1, -0.05) is 6.08 Å². The molecule has 1 atom stereocenters. The summed E-state index contributed by atoms with van der Waals surface area (Å²) in [6, 6.07) is -0.486. The van der Waals surface area contributed by atoms with Crippen molar-refractivity contribution in [1.82, 2.24) is 25.1 Å². The number of carbonyl (C=O) groups is 1. The minimum absolute atomic E-state index is 0.486. The minimum atomic E-state index is -0.803. The van der Waals surface area contributed by atoms with Crippen molar-refractivity contribution in [2.75, 3.05) is 13.1 Å². The molecule has 0 fully saturated rings. The van der Waals surface area contributed by atoms with Crippen molar-refractivity contribution < 1.29 is 9.90 Å². The lowest BCUT2D eigenvalue weighted by atomic mass is 10.1. The van der Waals surface area contributed by atoms with Gasteiger partial charge in [-0.05, 0) is 23.8 Å². The summed E-state index contributed by atoms with van der Waals surface area (Å²) in [4.78, 5) is 12.9. The Hall–Kier alpha value is -1.76. The van der Waals surface area contributed by atoms with Crippen molar-refractivity contribution in [2.45, 2.75) is 19.4 Å². The minimum Gasteiger partial charge on any atom is -0.480 e. The first-order valence-electron chi connectivity index (χ1n) is 5.48. The molecule has 0 saturated carbocycles. The van der Waals surface area contributed by atoms with Crippen LogP contribution in [0.15, 0.2) is 6.08 Å². The Morgan fingerprint density at radius 1 is 1.59 bits per heavy atom. The zero-order chi connectivity index (χ0) is 12.4. The van der Waals surface area contributed by atoms with Crippen LogP contribution in [-0.2, 0) is 11.8 Å². The molecule has 0 amide bonds. The fourth-order valence-corrected chi connectivity index (χ4v) is 1.92. The zero-order valence-corrected chi connectivity index (χ0v) is 9.87. The van der Waals surface area contributed by atoms with Gasteiger partial charge >= 0.3 is 5.97 Å². The first kappa shape index (κ1) is 11.7. The average molecular weight is 237 g/mol. The normalized spacial score (nSPS) is 18.8. The van der Waals surface area contributed by atoms with Crippen molar-refractivity contribution in [3.05, 3.63) is 11.9 Å². The van der Waals surface area contributed by atoms with Gasteiger partial charge in [-0.3, -0.25) is 9.69 Å². The second kappa shape index (κ2) is 4.62. The SMILES string of the molecule is CC(C(=O)O)N1CCC=C(c2nnnn2C)C1. The summed E-state index contributed by atoms with van der Waals surface area (Å²) in [6.07, 6.45) is 2.89. The summed E-state index contributed by atoms with van der Waals surface area (Å²) in [5, 5.41) is 20.3. The van der Waals surface area contributed by atoms with Gasteiger partial charge in [0, 0.05) is 25.7 Å². The van der Waals surface area contributed by atoms with E-state index in [9.17, 15) is 4.79 Å². The van der Waals surface area contributed by atoms with Gasteiger partial charge in [-0.15, -0.1) is 5.10 Å². The third kappa shape index (κ3) is 2.33. The maximum atomic E-state index is 11.0. The van der Waals surface area contributed by atoms with E-state index in [2.05, 4.69) is 21.6 Å². The Kier molecular flexibility index (Phi) is 3.19. The van der Waals surface area contributed by atoms with E-state index in [-0.39, 0.29) is 0 Å². The van der Waals surface area contributed by atoms with E-state index < -0.39 is 12.0 Å². The third-order valence-corrected chi connectivity index (χ3v) is 2.99. The summed E-state index contributed by atoms with van der Waals surface area (Å²) >= 11 is 0. The summed E-state index contributed by atoms with van der Waals surface area (Å²) in [6.45, 7) is 3.02. The number of hydrogen-bond donors (Lipinski definition) is 1. The predicted molar refractivity (Wildman–Crippen MR) is 60.1 cm³/mol. The van der Waals surface area contributed by atoms with Gasteiger partial charge in [0.05, 0.1) is 0 Å². The Bertz CT molecular complexity index is 453. The highest BCUT2D eigenvalue weighted by Gasteiger charge is 2.25. The molecule has 7 heteroatoms. The molecule has 0 bridgehead atoms. The van der Waals surface area contributed by atoms with E-state index >= 15 is 0 Å². The van der Waals surface area contributed by atoms with Gasteiger partial charge in [0.25, 0.3) is 0 Å². The number of aryl methyl sites for hydroxylation is 1. The van der Waals surface area contributed by atoms with Gasteiger partial charge in [0.2, 0.25) is 0 Å². The Morgan fingerprint density at radius 2 is 2.35 bits per heavy atom. The smallest absolute Gasteiger partial charge is 0.320 e. The van der Waals surface area contributed by atoms with Crippen molar-refractivity contribution >= 4 is 11.5 Å². The number of aromatic nitrogens is 4. The third-order valence-electron chi connectivity index (χ3n) is 2.99. The van der Waals surface area contributed by atoms with Crippen molar-refractivity contribution in [1.29, 1.82) is 0 Å². The fraction of sp³-hybridized carbons (Fsp3) is 0.600. The van der Waals surface area contributed by atoms with Crippen LogP contribution in [0.4, 0.5) is 0 Å². The summed E-state index contributed by atoms with van der Waals surface area (Å²) in [5.74, 6) is -0.102. The summed E-state index contributed by atoms with van der Waals surface area (Å²) < 4.78 is 1.60. The quantitative estimate of drug-likeness (QED) is 0.782. The lowest BCUT2D eigenvalue weighted by molar-refractivity contribution is -0.142. The van der Waals surface area contributed by atoms with Crippen LogP contribution >= 0.6 is 0 Å². The van der Waals surface area contributed by atoms with Crippen LogP contribution in [0.1, 0.15) is 19.2 Å². The molecule has 92 valence electrons. The molecule has 0 aromatic carbocycles. The van der Waals surface area contributed by atoms with Crippen LogP contribution in [0, 0.1) is 0 Å². The lowest BCUT2D eigenvalue weighted by Crippen LogP contribution is -2.42. The highest BCUT2D eigenvalue weighted by molar-refractivity contribution is 5.73. The van der Waals surface area contributed by atoms with Crippen LogP contribution in [0.3, 0.4) is 0 Å². The first-order valence-corrected chi connectivity index (χ1v) is 5.48. The van der Waals surface area contributed by atoms with Crippen molar-refractivity contribution in [3.8, 4) is 0 Å². The molecular formula is C10H15N5O2. The van der Waals surface area contributed by atoms with Crippen LogP contribution in [0.2, 0.25) is 0 Å². The fourth-order valence-electron chi connectivity index (χ4n) is 1.92.